The maximum Gasteiger partial charge on any atom is 0.0355 e. The van der Waals surface area contributed by atoms with Crippen LogP contribution in [0.4, 0.5) is 0 Å². The van der Waals surface area contributed by atoms with Gasteiger partial charge in [0.25, 0.3) is 0 Å². The van der Waals surface area contributed by atoms with Gasteiger partial charge in [0.1, 0.15) is 0 Å². The molecule has 0 bridgehead atoms. The third-order valence-electron chi connectivity index (χ3n) is 3.98. The number of rotatable bonds is 2. The lowest BCUT2D eigenvalue weighted by molar-refractivity contribution is 0.778. The van der Waals surface area contributed by atoms with Crippen LogP contribution < -0.4 is 9.75 Å². The van der Waals surface area contributed by atoms with Crippen LogP contribution in [0, 0.1) is 0 Å². The number of fused-ring (bicyclic) bond motifs is 1. The van der Waals surface area contributed by atoms with Crippen molar-refractivity contribution < 1.29 is 0 Å². The summed E-state index contributed by atoms with van der Waals surface area (Å²) in [5, 5.41) is 2.66. The van der Waals surface area contributed by atoms with E-state index in [4.69, 9.17) is 0 Å². The summed E-state index contributed by atoms with van der Waals surface area (Å²) < 4.78 is 2.67. The number of nitrogens with zero attached hydrogens (tertiary/aromatic N) is 1. The van der Waals surface area contributed by atoms with E-state index in [-0.39, 0.29) is 0 Å². The molecule has 1 nitrogen and oxygen atoms in total. The molecule has 0 saturated carbocycles. The van der Waals surface area contributed by atoms with Crippen molar-refractivity contribution in [3.63, 3.8) is 0 Å². The van der Waals surface area contributed by atoms with Crippen molar-refractivity contribution >= 4 is 39.8 Å². The molecule has 0 N–H and O–H groups in total. The van der Waals surface area contributed by atoms with Gasteiger partial charge in [0.2, 0.25) is 0 Å². The molecule has 1 aliphatic heterocycles. The summed E-state index contributed by atoms with van der Waals surface area (Å²) in [6.07, 6.45) is 14.0. The zero-order valence-corrected chi connectivity index (χ0v) is 18.7. The molecule has 0 fully saturated rings. The first-order chi connectivity index (χ1) is 13.1. The monoisotopic (exact) mass is 381 g/mol. The van der Waals surface area contributed by atoms with Crippen LogP contribution in [0.2, 0.25) is 0 Å². The summed E-state index contributed by atoms with van der Waals surface area (Å²) in [7, 11) is 0. The predicted octanol–water partition coefficient (Wildman–Crippen LogP) is 6.96. The number of thiophene rings is 1. The minimum absolute atomic E-state index is 0.457. The lowest BCUT2D eigenvalue weighted by Crippen LogP contribution is -2.18. The summed E-state index contributed by atoms with van der Waals surface area (Å²) in [4.78, 5) is 4.26. The number of benzene rings is 1. The summed E-state index contributed by atoms with van der Waals surface area (Å²) in [6, 6.07) is 6.88. The highest BCUT2D eigenvalue weighted by Gasteiger charge is 2.11. The summed E-state index contributed by atoms with van der Waals surface area (Å²) in [6.45, 7) is 16.5. The Hall–Kier alpha value is -1.93. The summed E-state index contributed by atoms with van der Waals surface area (Å²) in [5.41, 5.74) is 2.47. The highest BCUT2D eigenvalue weighted by atomic mass is 32.1. The molecule has 0 spiro atoms. The second-order valence-corrected chi connectivity index (χ2v) is 7.56. The first kappa shape index (κ1) is 23.1. The lowest BCUT2D eigenvalue weighted by Gasteiger charge is -2.11. The molecule has 1 aromatic carbocycles. The summed E-state index contributed by atoms with van der Waals surface area (Å²) >= 11 is 1.85. The molecular formula is C25H35NS. The van der Waals surface area contributed by atoms with Gasteiger partial charge >= 0.3 is 0 Å². The molecule has 2 heteroatoms. The number of hydrogen-bond acceptors (Lipinski definition) is 2. The van der Waals surface area contributed by atoms with Gasteiger partial charge in [-0.15, -0.1) is 11.3 Å². The minimum atomic E-state index is 0.457. The van der Waals surface area contributed by atoms with Crippen LogP contribution in [0.25, 0.3) is 22.2 Å². The SMILES string of the molecule is C=C(C)/C=c1\c(=C/C)sc2ccc(C3C=CN=CCC3)cc12.CC.CCC. The average molecular weight is 382 g/mol. The highest BCUT2D eigenvalue weighted by Crippen LogP contribution is 2.27. The van der Waals surface area contributed by atoms with E-state index in [0.717, 1.165) is 18.4 Å². The Bertz CT molecular complexity index is 896. The lowest BCUT2D eigenvalue weighted by atomic mass is 9.93. The van der Waals surface area contributed by atoms with E-state index in [1.54, 1.807) is 0 Å². The van der Waals surface area contributed by atoms with Crippen molar-refractivity contribution in [1.82, 2.24) is 0 Å². The average Bonchev–Trinajstić information content (AvgIpc) is 2.84. The van der Waals surface area contributed by atoms with Gasteiger partial charge in [0.15, 0.2) is 0 Å². The Morgan fingerprint density at radius 1 is 1.30 bits per heavy atom. The second-order valence-electron chi connectivity index (χ2n) is 6.48. The van der Waals surface area contributed by atoms with Crippen molar-refractivity contribution in [2.45, 2.75) is 66.7 Å². The second kappa shape index (κ2) is 12.5. The standard InChI is InChI=1S/C20H21NS.C3H8.C2H6/c1-4-19-17(12-14(2)3)18-13-16(7-8-20(18)22-19)15-6-5-10-21-11-9-15;1-3-2;1-2/h4,7-13,15H,2,5-6H2,1,3H3;3H2,1-2H3;1-2H3/b17-12-,19-4+;;. The quantitative estimate of drug-likeness (QED) is 0.533. The van der Waals surface area contributed by atoms with E-state index in [1.165, 1.54) is 31.8 Å². The Morgan fingerprint density at radius 2 is 2.00 bits per heavy atom. The van der Waals surface area contributed by atoms with E-state index >= 15 is 0 Å². The Kier molecular flexibility index (Phi) is 10.7. The fraction of sp³-hybridized carbons (Fsp3) is 0.400. The van der Waals surface area contributed by atoms with E-state index < -0.39 is 0 Å². The van der Waals surface area contributed by atoms with Crippen molar-refractivity contribution in [3.05, 3.63) is 57.9 Å². The van der Waals surface area contributed by atoms with E-state index in [9.17, 15) is 0 Å². The molecule has 3 rings (SSSR count). The normalized spacial score (nSPS) is 17.0. The van der Waals surface area contributed by atoms with Crippen LogP contribution in [0.5, 0.6) is 0 Å². The largest absolute Gasteiger partial charge is 0.269 e. The Labute approximate surface area is 169 Å². The Balaban J connectivity index is 0.000000665. The molecule has 1 atom stereocenters. The van der Waals surface area contributed by atoms with Gasteiger partial charge < -0.3 is 0 Å². The van der Waals surface area contributed by atoms with E-state index in [1.807, 2.05) is 37.6 Å². The molecule has 2 aromatic rings. The molecule has 1 unspecified atom stereocenters. The third kappa shape index (κ3) is 6.62. The smallest absolute Gasteiger partial charge is 0.0355 e. The molecule has 0 radical (unpaired) electrons. The summed E-state index contributed by atoms with van der Waals surface area (Å²) in [5.74, 6) is 0.457. The number of hydrogen-bond donors (Lipinski definition) is 0. The van der Waals surface area contributed by atoms with Gasteiger partial charge in [-0.2, -0.15) is 0 Å². The zero-order chi connectivity index (χ0) is 20.2. The maximum absolute atomic E-state index is 4.26. The number of allylic oxidation sites excluding steroid dienone is 2. The molecule has 146 valence electrons. The van der Waals surface area contributed by atoms with Crippen LogP contribution in [0.1, 0.15) is 72.3 Å². The first-order valence-electron chi connectivity index (χ1n) is 10.1. The topological polar surface area (TPSA) is 12.4 Å². The molecule has 1 aliphatic rings. The van der Waals surface area contributed by atoms with Gasteiger partial charge in [-0.25, -0.2) is 0 Å². The third-order valence-corrected chi connectivity index (χ3v) is 5.23. The van der Waals surface area contributed by atoms with Crippen LogP contribution >= 0.6 is 11.3 Å². The number of aliphatic imine (C=N–C) groups is 1. The van der Waals surface area contributed by atoms with Crippen LogP contribution in [-0.2, 0) is 0 Å². The molecule has 1 aromatic heterocycles. The predicted molar refractivity (Wildman–Crippen MR) is 127 cm³/mol. The minimum Gasteiger partial charge on any atom is -0.269 e. The molecule has 2 heterocycles. The van der Waals surface area contributed by atoms with Gasteiger partial charge in [-0.05, 0) is 44.4 Å². The van der Waals surface area contributed by atoms with Gasteiger partial charge in [-0.1, -0.05) is 70.6 Å². The fourth-order valence-corrected chi connectivity index (χ4v) is 3.96. The van der Waals surface area contributed by atoms with Crippen molar-refractivity contribution in [2.75, 3.05) is 0 Å². The van der Waals surface area contributed by atoms with Crippen LogP contribution in [-0.4, -0.2) is 6.21 Å². The van der Waals surface area contributed by atoms with Crippen LogP contribution in [0.15, 0.2) is 47.6 Å². The van der Waals surface area contributed by atoms with Crippen LogP contribution in [0.3, 0.4) is 0 Å². The zero-order valence-electron chi connectivity index (χ0n) is 17.9. The van der Waals surface area contributed by atoms with E-state index in [2.05, 4.69) is 75.7 Å². The molecule has 0 saturated heterocycles. The van der Waals surface area contributed by atoms with Gasteiger partial charge in [-0.3, -0.25) is 4.99 Å². The van der Waals surface area contributed by atoms with Gasteiger partial charge in [0.05, 0.1) is 0 Å². The fourth-order valence-electron chi connectivity index (χ4n) is 2.91. The molecule has 27 heavy (non-hydrogen) atoms. The maximum atomic E-state index is 4.26. The van der Waals surface area contributed by atoms with Crippen molar-refractivity contribution in [2.24, 2.45) is 4.99 Å². The van der Waals surface area contributed by atoms with Crippen molar-refractivity contribution in [1.29, 1.82) is 0 Å². The first-order valence-corrected chi connectivity index (χ1v) is 11.0. The molecule has 0 aliphatic carbocycles. The molecule has 0 amide bonds. The Morgan fingerprint density at radius 3 is 2.63 bits per heavy atom. The van der Waals surface area contributed by atoms with Gasteiger partial charge in [0, 0.05) is 38.2 Å². The van der Waals surface area contributed by atoms with E-state index in [0.29, 0.717) is 5.92 Å². The molecular weight excluding hydrogens is 346 g/mol. The highest BCUT2D eigenvalue weighted by molar-refractivity contribution is 7.17. The van der Waals surface area contributed by atoms with Crippen molar-refractivity contribution in [3.8, 4) is 0 Å².